The lowest BCUT2D eigenvalue weighted by atomic mass is 10.1. The Balaban J connectivity index is 2.56. The normalized spacial score (nSPS) is 25.1. The highest BCUT2D eigenvalue weighted by atomic mass is 16.5. The molecule has 0 aliphatic carbocycles. The first-order chi connectivity index (χ1) is 7.10. The van der Waals surface area contributed by atoms with Gasteiger partial charge in [0, 0.05) is 6.54 Å². The lowest BCUT2D eigenvalue weighted by Crippen LogP contribution is -2.30. The van der Waals surface area contributed by atoms with Gasteiger partial charge in [-0.1, -0.05) is 0 Å². The van der Waals surface area contributed by atoms with E-state index >= 15 is 0 Å². The molecule has 2 atom stereocenters. The van der Waals surface area contributed by atoms with Crippen molar-refractivity contribution in [2.45, 2.75) is 13.0 Å². The molecule has 1 aliphatic rings. The van der Waals surface area contributed by atoms with Crippen molar-refractivity contribution in [3.8, 4) is 0 Å². The van der Waals surface area contributed by atoms with E-state index in [1.165, 1.54) is 12.0 Å². The van der Waals surface area contributed by atoms with E-state index in [1.54, 1.807) is 6.92 Å². The van der Waals surface area contributed by atoms with Gasteiger partial charge in [-0.05, 0) is 6.92 Å². The molecule has 1 aliphatic heterocycles. The Kier molecular flexibility index (Phi) is 3.90. The number of nitrogens with zero attached hydrogens (tertiary/aromatic N) is 1. The zero-order valence-electron chi connectivity index (χ0n) is 8.80. The van der Waals surface area contributed by atoms with E-state index in [9.17, 15) is 14.7 Å². The van der Waals surface area contributed by atoms with Crippen LogP contribution in [0, 0.1) is 5.92 Å². The van der Waals surface area contributed by atoms with Crippen molar-refractivity contribution < 1.29 is 24.2 Å². The Bertz CT molecular complexity index is 255. The minimum atomic E-state index is -0.872. The zero-order valence-corrected chi connectivity index (χ0v) is 8.80. The monoisotopic (exact) mass is 217 g/mol. The van der Waals surface area contributed by atoms with Crippen molar-refractivity contribution in [3.05, 3.63) is 0 Å². The first-order valence-electron chi connectivity index (χ1n) is 4.77. The third-order valence-electron chi connectivity index (χ3n) is 2.31. The van der Waals surface area contributed by atoms with Crippen LogP contribution >= 0.6 is 0 Å². The molecule has 0 radical (unpaired) electrons. The molecule has 1 rings (SSSR count). The van der Waals surface area contributed by atoms with E-state index in [-0.39, 0.29) is 19.7 Å². The lowest BCUT2D eigenvalue weighted by molar-refractivity contribution is -0.150. The van der Waals surface area contributed by atoms with E-state index < -0.39 is 24.1 Å². The van der Waals surface area contributed by atoms with Crippen molar-refractivity contribution in [2.75, 3.05) is 26.8 Å². The number of carbonyl (C=O) groups excluding carboxylic acids is 2. The third kappa shape index (κ3) is 2.59. The molecule has 1 fully saturated rings. The molecular formula is C9H15NO5. The standard InChI is InChI=1S/C9H15NO5/c1-3-15-8(12)6-4-10(5-7(6)11)9(13)14-2/h6-7,11H,3-5H2,1-2H3/t6-,7+/m0/s1. The molecule has 15 heavy (non-hydrogen) atoms. The number of aliphatic hydroxyl groups is 1. The first kappa shape index (κ1) is 11.8. The lowest BCUT2D eigenvalue weighted by Gasteiger charge is -2.13. The Morgan fingerprint density at radius 2 is 2.13 bits per heavy atom. The SMILES string of the molecule is CCOC(=O)[C@H]1CN(C(=O)OC)C[C@H]1O. The number of carbonyl (C=O) groups is 2. The van der Waals surface area contributed by atoms with E-state index in [2.05, 4.69) is 4.74 Å². The number of amides is 1. The average Bonchev–Trinajstić information content (AvgIpc) is 2.59. The highest BCUT2D eigenvalue weighted by Gasteiger charge is 2.39. The Labute approximate surface area is 87.8 Å². The average molecular weight is 217 g/mol. The van der Waals surface area contributed by atoms with Crippen LogP contribution in [0.2, 0.25) is 0 Å². The van der Waals surface area contributed by atoms with Gasteiger partial charge in [0.05, 0.1) is 26.4 Å². The predicted octanol–water partition coefficient (Wildman–Crippen LogP) is -0.391. The third-order valence-corrected chi connectivity index (χ3v) is 2.31. The van der Waals surface area contributed by atoms with Crippen LogP contribution in [0.5, 0.6) is 0 Å². The second kappa shape index (κ2) is 4.97. The number of hydrogen-bond acceptors (Lipinski definition) is 5. The summed E-state index contributed by atoms with van der Waals surface area (Å²) in [5, 5.41) is 9.55. The summed E-state index contributed by atoms with van der Waals surface area (Å²) in [4.78, 5) is 23.8. The highest BCUT2D eigenvalue weighted by Crippen LogP contribution is 2.19. The topological polar surface area (TPSA) is 76.1 Å². The molecule has 0 aromatic carbocycles. The molecule has 0 spiro atoms. The summed E-state index contributed by atoms with van der Waals surface area (Å²) >= 11 is 0. The maximum Gasteiger partial charge on any atom is 0.409 e. The van der Waals surface area contributed by atoms with Crippen LogP contribution < -0.4 is 0 Å². The van der Waals surface area contributed by atoms with E-state index in [1.807, 2.05) is 0 Å². The van der Waals surface area contributed by atoms with Crippen LogP contribution in [0.25, 0.3) is 0 Å². The molecule has 6 heteroatoms. The number of esters is 1. The highest BCUT2D eigenvalue weighted by molar-refractivity contribution is 5.76. The summed E-state index contributed by atoms with van der Waals surface area (Å²) in [5.74, 6) is -1.14. The van der Waals surface area contributed by atoms with Gasteiger partial charge >= 0.3 is 12.1 Å². The Morgan fingerprint density at radius 1 is 1.47 bits per heavy atom. The molecule has 1 heterocycles. The van der Waals surface area contributed by atoms with Gasteiger partial charge in [-0.3, -0.25) is 4.79 Å². The zero-order chi connectivity index (χ0) is 11.4. The predicted molar refractivity (Wildman–Crippen MR) is 50.1 cm³/mol. The Morgan fingerprint density at radius 3 is 2.67 bits per heavy atom. The molecule has 1 saturated heterocycles. The van der Waals surface area contributed by atoms with Crippen LogP contribution in [0.4, 0.5) is 4.79 Å². The van der Waals surface area contributed by atoms with E-state index in [4.69, 9.17) is 4.74 Å². The van der Waals surface area contributed by atoms with Crippen molar-refractivity contribution >= 4 is 12.1 Å². The molecule has 0 saturated carbocycles. The fourth-order valence-corrected chi connectivity index (χ4v) is 1.55. The Hall–Kier alpha value is -1.30. The molecule has 0 aromatic rings. The second-order valence-corrected chi connectivity index (χ2v) is 3.30. The molecule has 1 amide bonds. The van der Waals surface area contributed by atoms with Crippen molar-refractivity contribution in [1.82, 2.24) is 4.90 Å². The molecule has 0 bridgehead atoms. The number of rotatable bonds is 2. The quantitative estimate of drug-likeness (QED) is 0.637. The number of β-amino-alcohol motifs (C(OH)–C–C–N with tert-alkyl or cyclic N) is 1. The van der Waals surface area contributed by atoms with Gasteiger partial charge in [0.15, 0.2) is 0 Å². The molecule has 1 N–H and O–H groups in total. The molecule has 6 nitrogen and oxygen atoms in total. The number of likely N-dealkylation sites (tertiary alicyclic amines) is 1. The van der Waals surface area contributed by atoms with Gasteiger partial charge in [0.1, 0.15) is 5.92 Å². The fraction of sp³-hybridized carbons (Fsp3) is 0.778. The number of aliphatic hydroxyl groups excluding tert-OH is 1. The van der Waals surface area contributed by atoms with E-state index in [0.717, 1.165) is 0 Å². The summed E-state index contributed by atoms with van der Waals surface area (Å²) < 4.78 is 9.27. The maximum atomic E-state index is 11.4. The number of methoxy groups -OCH3 is 1. The van der Waals surface area contributed by atoms with Crippen molar-refractivity contribution in [3.63, 3.8) is 0 Å². The summed E-state index contributed by atoms with van der Waals surface area (Å²) in [5.41, 5.74) is 0. The second-order valence-electron chi connectivity index (χ2n) is 3.30. The van der Waals surface area contributed by atoms with Gasteiger partial charge in [-0.15, -0.1) is 0 Å². The number of ether oxygens (including phenoxy) is 2. The van der Waals surface area contributed by atoms with Crippen LogP contribution in [0.3, 0.4) is 0 Å². The van der Waals surface area contributed by atoms with Gasteiger partial charge in [0.25, 0.3) is 0 Å². The molecule has 86 valence electrons. The first-order valence-corrected chi connectivity index (χ1v) is 4.77. The molecule has 0 aromatic heterocycles. The van der Waals surface area contributed by atoms with Gasteiger partial charge in [-0.25, -0.2) is 4.79 Å². The van der Waals surface area contributed by atoms with Gasteiger partial charge in [0.2, 0.25) is 0 Å². The number of hydrogen-bond donors (Lipinski definition) is 1. The summed E-state index contributed by atoms with van der Waals surface area (Å²) in [7, 11) is 1.26. The summed E-state index contributed by atoms with van der Waals surface area (Å²) in [6, 6.07) is 0. The van der Waals surface area contributed by atoms with Gasteiger partial charge < -0.3 is 19.5 Å². The fourth-order valence-electron chi connectivity index (χ4n) is 1.55. The van der Waals surface area contributed by atoms with Gasteiger partial charge in [-0.2, -0.15) is 0 Å². The van der Waals surface area contributed by atoms with Crippen molar-refractivity contribution in [1.29, 1.82) is 0 Å². The van der Waals surface area contributed by atoms with Crippen LogP contribution in [0.1, 0.15) is 6.92 Å². The summed E-state index contributed by atoms with van der Waals surface area (Å²) in [6.07, 6.45) is -1.41. The van der Waals surface area contributed by atoms with E-state index in [0.29, 0.717) is 0 Å². The minimum absolute atomic E-state index is 0.107. The van der Waals surface area contributed by atoms with Crippen LogP contribution in [-0.4, -0.2) is 55.0 Å². The summed E-state index contributed by atoms with van der Waals surface area (Å²) in [6.45, 7) is 2.21. The smallest absolute Gasteiger partial charge is 0.409 e. The van der Waals surface area contributed by atoms with Crippen molar-refractivity contribution in [2.24, 2.45) is 5.92 Å². The van der Waals surface area contributed by atoms with Crippen LogP contribution in [0.15, 0.2) is 0 Å². The minimum Gasteiger partial charge on any atom is -0.466 e. The molecular weight excluding hydrogens is 202 g/mol. The van der Waals surface area contributed by atoms with Crippen LogP contribution in [-0.2, 0) is 14.3 Å². The maximum absolute atomic E-state index is 11.4. The largest absolute Gasteiger partial charge is 0.466 e. The molecule has 0 unspecified atom stereocenters.